The number of nitriles is 1. The summed E-state index contributed by atoms with van der Waals surface area (Å²) in [5.41, 5.74) is 6.49. The van der Waals surface area contributed by atoms with Gasteiger partial charge >= 0.3 is 6.09 Å². The Morgan fingerprint density at radius 2 is 1.63 bits per heavy atom. The Kier molecular flexibility index (Phi) is 8.75. The summed E-state index contributed by atoms with van der Waals surface area (Å²) in [5, 5.41) is 12.7. The van der Waals surface area contributed by atoms with E-state index in [2.05, 4.69) is 50.1 Å². The molecular formula is C39H37N7O4S. The SMILES string of the molecule is N#CCCN1CCC(n2c(CCNC(=O)OCC3c4ccccc4-c4ccccc43)nc3cnc4c(ccn4S(=O)(=O)c4ccccc4)c32)CC1. The highest BCUT2D eigenvalue weighted by molar-refractivity contribution is 7.90. The van der Waals surface area contributed by atoms with Gasteiger partial charge in [0, 0.05) is 62.6 Å². The third-order valence-electron chi connectivity index (χ3n) is 10.1. The van der Waals surface area contributed by atoms with E-state index >= 15 is 0 Å². The van der Waals surface area contributed by atoms with Crippen molar-refractivity contribution in [1.82, 2.24) is 28.7 Å². The van der Waals surface area contributed by atoms with E-state index in [9.17, 15) is 13.2 Å². The van der Waals surface area contributed by atoms with Crippen LogP contribution in [0.25, 0.3) is 33.2 Å². The van der Waals surface area contributed by atoms with Crippen molar-refractivity contribution in [1.29, 1.82) is 5.26 Å². The van der Waals surface area contributed by atoms with E-state index in [0.717, 1.165) is 54.9 Å². The van der Waals surface area contributed by atoms with Crippen molar-refractivity contribution < 1.29 is 17.9 Å². The molecule has 3 aromatic carbocycles. The molecule has 0 spiro atoms. The zero-order valence-electron chi connectivity index (χ0n) is 28.0. The highest BCUT2D eigenvalue weighted by Crippen LogP contribution is 2.44. The minimum atomic E-state index is -3.88. The number of benzene rings is 3. The largest absolute Gasteiger partial charge is 0.449 e. The highest BCUT2D eigenvalue weighted by atomic mass is 32.2. The van der Waals surface area contributed by atoms with E-state index < -0.39 is 16.1 Å². The summed E-state index contributed by atoms with van der Waals surface area (Å²) in [6, 6.07) is 28.9. The molecule has 258 valence electrons. The summed E-state index contributed by atoms with van der Waals surface area (Å²) >= 11 is 0. The van der Waals surface area contributed by atoms with Crippen LogP contribution in [0.1, 0.15) is 48.2 Å². The summed E-state index contributed by atoms with van der Waals surface area (Å²) in [6.07, 6.45) is 5.32. The number of rotatable bonds is 10. The summed E-state index contributed by atoms with van der Waals surface area (Å²) in [6.45, 7) is 2.94. The average Bonchev–Trinajstić information content (AvgIpc) is 3.86. The van der Waals surface area contributed by atoms with Crippen molar-refractivity contribution in [2.45, 2.75) is 42.5 Å². The van der Waals surface area contributed by atoms with Gasteiger partial charge in [-0.1, -0.05) is 66.7 Å². The van der Waals surface area contributed by atoms with Crippen LogP contribution < -0.4 is 5.32 Å². The molecule has 2 aliphatic rings. The number of carbonyl (C=O) groups excluding carboxylic acids is 1. The van der Waals surface area contributed by atoms with E-state index in [-0.39, 0.29) is 23.5 Å². The molecule has 4 heterocycles. The van der Waals surface area contributed by atoms with Crippen molar-refractivity contribution in [3.05, 3.63) is 114 Å². The molecule has 3 aromatic heterocycles. The number of amides is 1. The average molecular weight is 700 g/mol. The number of fused-ring (bicyclic) bond motifs is 6. The van der Waals surface area contributed by atoms with Crippen LogP contribution >= 0.6 is 0 Å². The summed E-state index contributed by atoms with van der Waals surface area (Å²) < 4.78 is 36.5. The monoisotopic (exact) mass is 699 g/mol. The third kappa shape index (κ3) is 6.02. The molecule has 1 N–H and O–H groups in total. The van der Waals surface area contributed by atoms with Crippen LogP contribution in [-0.2, 0) is 21.2 Å². The Hall–Kier alpha value is -5.51. The molecule has 0 radical (unpaired) electrons. The maximum atomic E-state index is 13.6. The molecule has 1 fully saturated rings. The number of piperidine rings is 1. The van der Waals surface area contributed by atoms with Crippen LogP contribution in [0.3, 0.4) is 0 Å². The first-order chi connectivity index (χ1) is 24.9. The second-order valence-electron chi connectivity index (χ2n) is 13.0. The normalized spacial score (nSPS) is 15.1. The fourth-order valence-corrected chi connectivity index (χ4v) is 9.02. The molecule has 1 aliphatic heterocycles. The Morgan fingerprint density at radius 3 is 2.33 bits per heavy atom. The smallest absolute Gasteiger partial charge is 0.407 e. The van der Waals surface area contributed by atoms with Gasteiger partial charge in [-0.3, -0.25) is 0 Å². The Labute approximate surface area is 296 Å². The molecule has 8 rings (SSSR count). The number of nitrogens with zero attached hydrogens (tertiary/aromatic N) is 6. The number of carbonyl (C=O) groups is 1. The summed E-state index contributed by atoms with van der Waals surface area (Å²) in [4.78, 5) is 25.1. The quantitative estimate of drug-likeness (QED) is 0.177. The van der Waals surface area contributed by atoms with Gasteiger partial charge in [-0.15, -0.1) is 0 Å². The number of imidazole rings is 1. The van der Waals surface area contributed by atoms with Gasteiger partial charge in [-0.05, 0) is 53.3 Å². The van der Waals surface area contributed by atoms with Gasteiger partial charge in [-0.2, -0.15) is 5.26 Å². The number of aromatic nitrogens is 4. The predicted octanol–water partition coefficient (Wildman–Crippen LogP) is 6.25. The minimum absolute atomic E-state index is 0.0284. The van der Waals surface area contributed by atoms with E-state index in [1.165, 1.54) is 15.1 Å². The van der Waals surface area contributed by atoms with Crippen molar-refractivity contribution in [3.63, 3.8) is 0 Å². The van der Waals surface area contributed by atoms with Crippen molar-refractivity contribution in [2.24, 2.45) is 0 Å². The van der Waals surface area contributed by atoms with Crippen LogP contribution in [0.4, 0.5) is 4.79 Å². The molecule has 12 heteroatoms. The predicted molar refractivity (Wildman–Crippen MR) is 194 cm³/mol. The fraction of sp³-hybridized carbons (Fsp3) is 0.282. The molecule has 0 unspecified atom stereocenters. The van der Waals surface area contributed by atoms with Gasteiger partial charge < -0.3 is 19.5 Å². The Bertz CT molecular complexity index is 2340. The van der Waals surface area contributed by atoms with Crippen LogP contribution in [0.15, 0.2) is 102 Å². The lowest BCUT2D eigenvalue weighted by Crippen LogP contribution is -2.36. The molecule has 11 nitrogen and oxygen atoms in total. The fourth-order valence-electron chi connectivity index (χ4n) is 7.70. The molecule has 6 aromatic rings. The molecule has 1 saturated heterocycles. The number of nitrogens with one attached hydrogen (secondary N) is 1. The van der Waals surface area contributed by atoms with Gasteiger partial charge in [0.05, 0.1) is 22.7 Å². The van der Waals surface area contributed by atoms with Gasteiger partial charge in [0.1, 0.15) is 17.9 Å². The molecule has 51 heavy (non-hydrogen) atoms. The molecule has 0 atom stereocenters. The molecular weight excluding hydrogens is 663 g/mol. The first-order valence-corrected chi connectivity index (χ1v) is 18.7. The lowest BCUT2D eigenvalue weighted by molar-refractivity contribution is 0.143. The number of alkyl carbamates (subject to hydrolysis) is 1. The number of hydrogen-bond acceptors (Lipinski definition) is 8. The maximum Gasteiger partial charge on any atom is 0.407 e. The summed E-state index contributed by atoms with van der Waals surface area (Å²) in [7, 11) is -3.88. The molecule has 1 aliphatic carbocycles. The number of likely N-dealkylation sites (tertiary alicyclic amines) is 1. The third-order valence-corrected chi connectivity index (χ3v) is 11.8. The standard InChI is InChI=1S/C39H37N7O4S/c40-19-8-21-44-22-16-27(17-23-44)46-36(15-20-41-39(47)50-26-34-31-13-6-4-11-29(31)30-12-5-7-14-32(30)34)43-35-25-42-38-33(37(35)46)18-24-45(38)51(48,49)28-9-2-1-3-10-28/h1-7,9-14,18,24-25,27,34H,8,15-17,20-23,26H2,(H,41,47). The van der Waals surface area contributed by atoms with Gasteiger partial charge in [0.25, 0.3) is 10.0 Å². The topological polar surface area (TPSA) is 135 Å². The summed E-state index contributed by atoms with van der Waals surface area (Å²) in [5.74, 6) is 0.756. The molecule has 0 bridgehead atoms. The van der Waals surface area contributed by atoms with E-state index in [4.69, 9.17) is 15.0 Å². The lowest BCUT2D eigenvalue weighted by Gasteiger charge is -2.33. The van der Waals surface area contributed by atoms with E-state index in [1.807, 2.05) is 24.3 Å². The van der Waals surface area contributed by atoms with Crippen molar-refractivity contribution >= 4 is 38.2 Å². The lowest BCUT2D eigenvalue weighted by atomic mass is 9.98. The Balaban J connectivity index is 1.04. The van der Waals surface area contributed by atoms with Gasteiger partial charge in [0.15, 0.2) is 5.65 Å². The van der Waals surface area contributed by atoms with Crippen molar-refractivity contribution in [2.75, 3.05) is 32.8 Å². The first-order valence-electron chi connectivity index (χ1n) is 17.3. The van der Waals surface area contributed by atoms with Crippen LogP contribution in [0.5, 0.6) is 0 Å². The van der Waals surface area contributed by atoms with E-state index in [1.54, 1.807) is 48.8 Å². The molecule has 0 saturated carbocycles. The van der Waals surface area contributed by atoms with Crippen molar-refractivity contribution in [3.8, 4) is 17.2 Å². The van der Waals surface area contributed by atoms with Crippen LogP contribution in [0.2, 0.25) is 0 Å². The Morgan fingerprint density at radius 1 is 0.941 bits per heavy atom. The maximum absolute atomic E-state index is 13.6. The molecule has 1 amide bonds. The minimum Gasteiger partial charge on any atom is -0.449 e. The number of ether oxygens (including phenoxy) is 1. The van der Waals surface area contributed by atoms with Crippen LogP contribution in [0, 0.1) is 11.3 Å². The second kappa shape index (κ2) is 13.7. The number of pyridine rings is 1. The zero-order chi connectivity index (χ0) is 35.0. The van der Waals surface area contributed by atoms with Gasteiger partial charge in [0.2, 0.25) is 0 Å². The second-order valence-corrected chi connectivity index (χ2v) is 14.9. The first kappa shape index (κ1) is 32.7. The van der Waals surface area contributed by atoms with Gasteiger partial charge in [-0.25, -0.2) is 27.2 Å². The number of hydrogen-bond donors (Lipinski definition) is 1. The van der Waals surface area contributed by atoms with Crippen LogP contribution in [-0.4, -0.2) is 70.7 Å². The highest BCUT2D eigenvalue weighted by Gasteiger charge is 2.30. The van der Waals surface area contributed by atoms with E-state index in [0.29, 0.717) is 35.9 Å². The zero-order valence-corrected chi connectivity index (χ0v) is 28.8.